The molecule has 0 aliphatic rings. The van der Waals surface area contributed by atoms with Gasteiger partial charge in [0.2, 0.25) is 0 Å². The van der Waals surface area contributed by atoms with Crippen LogP contribution in [0.3, 0.4) is 0 Å². The van der Waals surface area contributed by atoms with Crippen LogP contribution in [0.2, 0.25) is 0 Å². The second-order valence-electron chi connectivity index (χ2n) is 1.16. The number of rotatable bonds is 2. The van der Waals surface area contributed by atoms with Crippen LogP contribution in [0.15, 0.2) is 0 Å². The van der Waals surface area contributed by atoms with E-state index in [4.69, 9.17) is 17.0 Å². The van der Waals surface area contributed by atoms with Crippen LogP contribution in [0.1, 0.15) is 20.3 Å². The van der Waals surface area contributed by atoms with Crippen molar-refractivity contribution in [1.82, 2.24) is 0 Å². The van der Waals surface area contributed by atoms with E-state index < -0.39 is 0 Å². The van der Waals surface area contributed by atoms with Gasteiger partial charge in [-0.1, -0.05) is 6.92 Å². The van der Waals surface area contributed by atoms with Gasteiger partial charge in [-0.15, -0.1) is 0 Å². The van der Waals surface area contributed by atoms with Crippen LogP contribution in [0.5, 0.6) is 0 Å². The molecule has 0 aliphatic carbocycles. The van der Waals surface area contributed by atoms with E-state index in [-0.39, 0.29) is 37.7 Å². The van der Waals surface area contributed by atoms with Gasteiger partial charge in [-0.25, -0.2) is 0 Å². The molecule has 1 nitrogen and oxygen atoms in total. The monoisotopic (exact) mass is 158 g/mol. The molecule has 0 rings (SSSR count). The third-order valence-electron chi connectivity index (χ3n) is 0.594. The van der Waals surface area contributed by atoms with Crippen LogP contribution >= 0.6 is 12.2 Å². The average Bonchev–Trinajstić information content (AvgIpc) is 1.68. The van der Waals surface area contributed by atoms with Crippen molar-refractivity contribution in [2.24, 2.45) is 0 Å². The summed E-state index contributed by atoms with van der Waals surface area (Å²) in [5.74, 6) is 0. The Morgan fingerprint density at radius 1 is 1.50 bits per heavy atom. The van der Waals surface area contributed by atoms with E-state index >= 15 is 0 Å². The first kappa shape index (κ1) is 11.9. The Morgan fingerprint density at radius 3 is 2.12 bits per heavy atom. The van der Waals surface area contributed by atoms with Gasteiger partial charge in [0.15, 0.2) is 5.05 Å². The third kappa shape index (κ3) is 7.15. The molecular formula is C5H10ArOS. The molecule has 8 heavy (non-hydrogen) atoms. The van der Waals surface area contributed by atoms with Crippen molar-refractivity contribution >= 4 is 17.3 Å². The fourth-order valence-corrected chi connectivity index (χ4v) is 0.381. The summed E-state index contributed by atoms with van der Waals surface area (Å²) in [6.07, 6.45) is 0.850. The number of hydrogen-bond donors (Lipinski definition) is 0. The summed E-state index contributed by atoms with van der Waals surface area (Å²) >= 11 is 4.73. The van der Waals surface area contributed by atoms with Crippen molar-refractivity contribution in [2.75, 3.05) is 6.61 Å². The van der Waals surface area contributed by atoms with E-state index in [1.807, 2.05) is 13.8 Å². The fraction of sp³-hybridized carbons (Fsp3) is 0.800. The smallest absolute Gasteiger partial charge is 0.159 e. The summed E-state index contributed by atoms with van der Waals surface area (Å²) < 4.78 is 4.92. The van der Waals surface area contributed by atoms with Gasteiger partial charge in [0.05, 0.1) is 6.61 Å². The van der Waals surface area contributed by atoms with Crippen LogP contribution in [0.25, 0.3) is 0 Å². The summed E-state index contributed by atoms with van der Waals surface area (Å²) in [7, 11) is 0. The van der Waals surface area contributed by atoms with Crippen LogP contribution < -0.4 is 0 Å². The van der Waals surface area contributed by atoms with E-state index in [0.29, 0.717) is 11.7 Å². The summed E-state index contributed by atoms with van der Waals surface area (Å²) in [4.78, 5) is 0. The van der Waals surface area contributed by atoms with E-state index in [1.54, 1.807) is 0 Å². The molecule has 0 bridgehead atoms. The zero-order valence-electron chi connectivity index (χ0n) is 5.08. The van der Waals surface area contributed by atoms with Gasteiger partial charge in [0.1, 0.15) is 0 Å². The van der Waals surface area contributed by atoms with Gasteiger partial charge in [0, 0.05) is 44.2 Å². The van der Waals surface area contributed by atoms with E-state index in [1.165, 1.54) is 0 Å². The zero-order chi connectivity index (χ0) is 5.70. The van der Waals surface area contributed by atoms with Crippen LogP contribution in [-0.4, -0.2) is 11.7 Å². The molecule has 0 unspecified atom stereocenters. The van der Waals surface area contributed by atoms with Gasteiger partial charge in [-0.2, -0.15) is 0 Å². The van der Waals surface area contributed by atoms with Crippen molar-refractivity contribution in [3.8, 4) is 0 Å². The van der Waals surface area contributed by atoms with Crippen molar-refractivity contribution in [2.45, 2.75) is 20.3 Å². The van der Waals surface area contributed by atoms with Crippen molar-refractivity contribution < 1.29 is 42.5 Å². The Balaban J connectivity index is 0. The predicted octanol–water partition coefficient (Wildman–Crippen LogP) is 1.76. The van der Waals surface area contributed by atoms with Gasteiger partial charge in [-0.05, 0) is 19.1 Å². The molecule has 0 aromatic carbocycles. The molecule has 0 spiro atoms. The van der Waals surface area contributed by atoms with Gasteiger partial charge < -0.3 is 4.74 Å². The van der Waals surface area contributed by atoms with Crippen molar-refractivity contribution in [3.05, 3.63) is 0 Å². The van der Waals surface area contributed by atoms with Crippen molar-refractivity contribution in [3.63, 3.8) is 0 Å². The quantitative estimate of drug-likeness (QED) is 0.566. The minimum Gasteiger partial charge on any atom is -0.487 e. The molecule has 0 amide bonds. The van der Waals surface area contributed by atoms with E-state index in [2.05, 4.69) is 0 Å². The zero-order valence-corrected chi connectivity index (χ0v) is 6.61. The van der Waals surface area contributed by atoms with Gasteiger partial charge >= 0.3 is 0 Å². The maximum absolute atomic E-state index is 4.92. The molecule has 0 heterocycles. The third-order valence-corrected chi connectivity index (χ3v) is 1.00. The van der Waals surface area contributed by atoms with Crippen LogP contribution in [-0.2, 0) is 4.74 Å². The SMILES string of the molecule is CCOC(=S)CC.[Ar]. The summed E-state index contributed by atoms with van der Waals surface area (Å²) in [5.41, 5.74) is 0. The number of thiocarbonyl (C=S) groups is 1. The molecule has 0 aromatic heterocycles. The van der Waals surface area contributed by atoms with E-state index in [0.717, 1.165) is 6.42 Å². The Morgan fingerprint density at radius 2 is 2.00 bits per heavy atom. The number of ether oxygens (including phenoxy) is 1. The first-order chi connectivity index (χ1) is 3.31. The van der Waals surface area contributed by atoms with Gasteiger partial charge in [-0.3, -0.25) is 0 Å². The predicted molar refractivity (Wildman–Crippen MR) is 34.5 cm³/mol. The molecule has 0 aliphatic heterocycles. The number of hydrogen-bond acceptors (Lipinski definition) is 2. The second kappa shape index (κ2) is 8.15. The summed E-state index contributed by atoms with van der Waals surface area (Å²) in [5, 5.41) is 0.711. The Kier molecular flexibility index (Phi) is 12.1. The minimum absolute atomic E-state index is 0. The first-order valence-electron chi connectivity index (χ1n) is 2.46. The van der Waals surface area contributed by atoms with Gasteiger partial charge in [0.25, 0.3) is 0 Å². The Labute approximate surface area is 85.8 Å². The van der Waals surface area contributed by atoms with Crippen LogP contribution in [0, 0.1) is 37.7 Å². The first-order valence-corrected chi connectivity index (χ1v) is 2.87. The molecule has 0 N–H and O–H groups in total. The molecule has 0 atom stereocenters. The standard InChI is InChI=1S/C5H10OS.Ar/c1-3-5(7)6-4-2;/h3-4H2,1-2H3;. The molecule has 0 aromatic rings. The summed E-state index contributed by atoms with van der Waals surface area (Å²) in [6.45, 7) is 4.62. The molecule has 0 saturated carbocycles. The molecule has 0 radical (unpaired) electrons. The molecular weight excluding hydrogens is 148 g/mol. The fourth-order valence-electron chi connectivity index (χ4n) is 0.263. The Hall–Kier alpha value is 1.15. The second-order valence-corrected chi connectivity index (χ2v) is 1.61. The normalized spacial score (nSPS) is 7.25. The molecule has 0 fully saturated rings. The summed E-state index contributed by atoms with van der Waals surface area (Å²) in [6, 6.07) is 0. The van der Waals surface area contributed by atoms with Crippen LogP contribution in [0.4, 0.5) is 0 Å². The topological polar surface area (TPSA) is 9.23 Å². The van der Waals surface area contributed by atoms with E-state index in [9.17, 15) is 0 Å². The minimum atomic E-state index is 0. The molecule has 50 valence electrons. The largest absolute Gasteiger partial charge is 0.487 e. The van der Waals surface area contributed by atoms with Crippen molar-refractivity contribution in [1.29, 1.82) is 0 Å². The molecule has 0 saturated heterocycles. The average molecular weight is 158 g/mol. The maximum Gasteiger partial charge on any atom is 0.159 e. The maximum atomic E-state index is 4.92. The Bertz CT molecular complexity index is 65.4. The molecule has 3 heteroatoms.